The molecule has 0 rings (SSSR count). The monoisotopic (exact) mass is 323 g/mol. The van der Waals surface area contributed by atoms with E-state index in [1.165, 1.54) is 57.8 Å². The van der Waals surface area contributed by atoms with E-state index in [1.807, 2.05) is 0 Å². The molecule has 106 valence electrons. The third kappa shape index (κ3) is 16.7. The largest absolute Gasteiger partial charge is 0.371 e. The molecule has 1 N–H and O–H groups in total. The average Bonchev–Trinajstić information content (AvgIpc) is 2.29. The summed E-state index contributed by atoms with van der Waals surface area (Å²) in [7, 11) is 0. The minimum atomic E-state index is 0.607. The first-order chi connectivity index (χ1) is 8.63. The lowest BCUT2D eigenvalue weighted by Crippen LogP contribution is -2.17. The lowest BCUT2D eigenvalue weighted by atomic mass is 10.1. The molecule has 0 saturated heterocycles. The van der Waals surface area contributed by atoms with Crippen molar-refractivity contribution in [3.8, 4) is 0 Å². The molecule has 0 radical (unpaired) electrons. The molecule has 0 unspecified atom stereocenters. The standard InChI is InChI=1S/C13H25NS4/c15-12(16)10-8-6-4-2-1-3-5-7-9-11-14-13(17)18/h1-11H2,(H,15,16)(H2,14,17,18). The Morgan fingerprint density at radius 2 is 1.17 bits per heavy atom. The van der Waals surface area contributed by atoms with Gasteiger partial charge in [-0.2, -0.15) is 0 Å². The molecule has 0 aromatic rings. The highest BCUT2D eigenvalue weighted by molar-refractivity contribution is 8.11. The molecular weight excluding hydrogens is 298 g/mol. The number of rotatable bonds is 12. The van der Waals surface area contributed by atoms with Gasteiger partial charge in [-0.05, 0) is 19.3 Å². The lowest BCUT2D eigenvalue weighted by Gasteiger charge is -2.04. The van der Waals surface area contributed by atoms with Crippen LogP contribution >= 0.6 is 49.7 Å². The lowest BCUT2D eigenvalue weighted by molar-refractivity contribution is 0.561. The quantitative estimate of drug-likeness (QED) is 0.267. The van der Waals surface area contributed by atoms with Crippen LogP contribution in [0.25, 0.3) is 0 Å². The smallest absolute Gasteiger partial charge is 0.130 e. The summed E-state index contributed by atoms with van der Waals surface area (Å²) in [5.41, 5.74) is 0. The molecule has 0 heterocycles. The summed E-state index contributed by atoms with van der Waals surface area (Å²) in [5.74, 6) is 0. The summed E-state index contributed by atoms with van der Waals surface area (Å²) < 4.78 is 1.46. The van der Waals surface area contributed by atoms with Crippen LogP contribution in [0.1, 0.15) is 64.2 Å². The van der Waals surface area contributed by atoms with Gasteiger partial charge >= 0.3 is 0 Å². The van der Waals surface area contributed by atoms with E-state index < -0.39 is 0 Å². The number of thiol groups is 2. The molecule has 0 aliphatic heterocycles. The van der Waals surface area contributed by atoms with Crippen LogP contribution < -0.4 is 5.32 Å². The fraction of sp³-hybridized carbons (Fsp3) is 0.846. The van der Waals surface area contributed by atoms with Crippen LogP contribution in [0.4, 0.5) is 0 Å². The van der Waals surface area contributed by atoms with Gasteiger partial charge in [0.15, 0.2) is 0 Å². The van der Waals surface area contributed by atoms with E-state index in [0.29, 0.717) is 4.32 Å². The molecule has 1 nitrogen and oxygen atoms in total. The van der Waals surface area contributed by atoms with Crippen molar-refractivity contribution in [2.75, 3.05) is 6.54 Å². The maximum absolute atomic E-state index is 4.93. The minimum Gasteiger partial charge on any atom is -0.371 e. The first-order valence-electron chi connectivity index (χ1n) is 6.81. The molecule has 0 fully saturated rings. The van der Waals surface area contributed by atoms with Crippen molar-refractivity contribution in [2.24, 2.45) is 0 Å². The van der Waals surface area contributed by atoms with Crippen LogP contribution in [0.2, 0.25) is 0 Å². The van der Waals surface area contributed by atoms with Crippen molar-refractivity contribution in [1.29, 1.82) is 0 Å². The van der Waals surface area contributed by atoms with Crippen molar-refractivity contribution >= 4 is 58.2 Å². The highest BCUT2D eigenvalue weighted by atomic mass is 32.1. The highest BCUT2D eigenvalue weighted by Gasteiger charge is 1.94. The zero-order valence-corrected chi connectivity index (χ0v) is 14.4. The van der Waals surface area contributed by atoms with E-state index in [9.17, 15) is 0 Å². The zero-order valence-electron chi connectivity index (χ0n) is 11.0. The Bertz CT molecular complexity index is 207. The fourth-order valence-corrected chi connectivity index (χ4v) is 2.35. The third-order valence-electron chi connectivity index (χ3n) is 2.84. The van der Waals surface area contributed by atoms with Gasteiger partial charge in [-0.3, -0.25) is 0 Å². The molecule has 0 aromatic carbocycles. The maximum Gasteiger partial charge on any atom is 0.130 e. The molecule has 0 aromatic heterocycles. The molecule has 0 bridgehead atoms. The van der Waals surface area contributed by atoms with E-state index in [-0.39, 0.29) is 0 Å². The van der Waals surface area contributed by atoms with E-state index in [0.717, 1.165) is 17.2 Å². The van der Waals surface area contributed by atoms with E-state index in [4.69, 9.17) is 24.4 Å². The average molecular weight is 324 g/mol. The SMILES string of the molecule is S=C(S)CCCCCCCCCCCNC(=S)S. The Hall–Kier alpha value is 0.680. The maximum atomic E-state index is 4.93. The molecule has 0 aliphatic carbocycles. The summed E-state index contributed by atoms with van der Waals surface area (Å²) in [6.45, 7) is 0.964. The first-order valence-corrected chi connectivity index (χ1v) is 8.52. The van der Waals surface area contributed by atoms with Crippen molar-refractivity contribution in [3.63, 3.8) is 0 Å². The van der Waals surface area contributed by atoms with Gasteiger partial charge in [-0.15, -0.1) is 25.3 Å². The summed E-state index contributed by atoms with van der Waals surface area (Å²) in [6, 6.07) is 0. The predicted octanol–water partition coefficient (Wildman–Crippen LogP) is 4.95. The minimum absolute atomic E-state index is 0.607. The Morgan fingerprint density at radius 3 is 1.61 bits per heavy atom. The molecule has 5 heteroatoms. The number of hydrogen-bond acceptors (Lipinski definition) is 2. The summed E-state index contributed by atoms with van der Waals surface area (Å²) in [5, 5.41) is 3.06. The summed E-state index contributed by atoms with van der Waals surface area (Å²) in [6.07, 6.45) is 12.7. The topological polar surface area (TPSA) is 12.0 Å². The van der Waals surface area contributed by atoms with Gasteiger partial charge in [0, 0.05) is 10.7 Å². The van der Waals surface area contributed by atoms with Gasteiger partial charge in [-0.1, -0.05) is 69.4 Å². The second-order valence-corrected chi connectivity index (χ2v) is 7.05. The van der Waals surface area contributed by atoms with Crippen molar-refractivity contribution in [2.45, 2.75) is 64.2 Å². The first kappa shape index (κ1) is 18.7. The molecule has 0 amide bonds. The van der Waals surface area contributed by atoms with Crippen molar-refractivity contribution in [3.05, 3.63) is 0 Å². The predicted molar refractivity (Wildman–Crippen MR) is 97.3 cm³/mol. The Balaban J connectivity index is 2.99. The number of unbranched alkanes of at least 4 members (excludes halogenated alkanes) is 8. The highest BCUT2D eigenvalue weighted by Crippen LogP contribution is 2.11. The van der Waals surface area contributed by atoms with Gasteiger partial charge in [-0.25, -0.2) is 0 Å². The fourth-order valence-electron chi connectivity index (χ4n) is 1.83. The second-order valence-electron chi connectivity index (χ2n) is 4.56. The number of nitrogens with one attached hydrogen (secondary N) is 1. The normalized spacial score (nSPS) is 10.3. The Kier molecular flexibility index (Phi) is 14.6. The van der Waals surface area contributed by atoms with Crippen LogP contribution in [0.15, 0.2) is 0 Å². The summed E-state index contributed by atoms with van der Waals surface area (Å²) in [4.78, 5) is 0. The molecule has 18 heavy (non-hydrogen) atoms. The van der Waals surface area contributed by atoms with Gasteiger partial charge in [0.05, 0.1) is 0 Å². The van der Waals surface area contributed by atoms with Crippen LogP contribution in [-0.4, -0.2) is 15.1 Å². The van der Waals surface area contributed by atoms with Crippen LogP contribution in [-0.2, 0) is 0 Å². The van der Waals surface area contributed by atoms with Crippen molar-refractivity contribution in [1.82, 2.24) is 5.32 Å². The van der Waals surface area contributed by atoms with Crippen LogP contribution in [0, 0.1) is 0 Å². The van der Waals surface area contributed by atoms with E-state index >= 15 is 0 Å². The van der Waals surface area contributed by atoms with Gasteiger partial charge in [0.2, 0.25) is 0 Å². The Labute approximate surface area is 134 Å². The van der Waals surface area contributed by atoms with Crippen LogP contribution in [0.3, 0.4) is 0 Å². The third-order valence-corrected chi connectivity index (χ3v) is 3.57. The second kappa shape index (κ2) is 14.1. The molecule has 0 atom stereocenters. The molecule has 0 aliphatic rings. The Morgan fingerprint density at radius 1 is 0.722 bits per heavy atom. The molecule has 0 spiro atoms. The van der Waals surface area contributed by atoms with Gasteiger partial charge in [0.1, 0.15) is 4.32 Å². The molecule has 0 saturated carbocycles. The van der Waals surface area contributed by atoms with Gasteiger partial charge < -0.3 is 5.32 Å². The van der Waals surface area contributed by atoms with Crippen molar-refractivity contribution < 1.29 is 0 Å². The van der Waals surface area contributed by atoms with Gasteiger partial charge in [0.25, 0.3) is 0 Å². The van der Waals surface area contributed by atoms with Crippen LogP contribution in [0.5, 0.6) is 0 Å². The number of hydrogen-bond donors (Lipinski definition) is 3. The van der Waals surface area contributed by atoms with E-state index in [2.05, 4.69) is 30.6 Å². The zero-order chi connectivity index (χ0) is 13.6. The van der Waals surface area contributed by atoms with E-state index in [1.54, 1.807) is 0 Å². The number of thiocarbonyl (C=S) groups is 2. The molecular formula is C13H25NS4. The summed E-state index contributed by atoms with van der Waals surface area (Å²) >= 11 is 17.9.